The van der Waals surface area contributed by atoms with E-state index >= 15 is 0 Å². The summed E-state index contributed by atoms with van der Waals surface area (Å²) in [6.45, 7) is 2.59. The Hall–Kier alpha value is -4.20. The lowest BCUT2D eigenvalue weighted by atomic mass is 10.0. The van der Waals surface area contributed by atoms with Crippen molar-refractivity contribution >= 4 is 17.5 Å². The smallest absolute Gasteiger partial charge is 0.273 e. The fourth-order valence-corrected chi connectivity index (χ4v) is 3.99. The summed E-state index contributed by atoms with van der Waals surface area (Å²) in [5.74, 6) is -0.00662. The number of hydrogen-bond acceptors (Lipinski definition) is 5. The van der Waals surface area contributed by atoms with E-state index in [-0.39, 0.29) is 30.5 Å². The lowest BCUT2D eigenvalue weighted by Crippen LogP contribution is -2.51. The first kappa shape index (κ1) is 26.4. The maximum absolute atomic E-state index is 13.7. The second-order valence-corrected chi connectivity index (χ2v) is 8.43. The first-order valence-electron chi connectivity index (χ1n) is 11.9. The molecule has 0 aromatic heterocycles. The van der Waals surface area contributed by atoms with Gasteiger partial charge in [0.2, 0.25) is 11.8 Å². The van der Waals surface area contributed by atoms with Gasteiger partial charge in [-0.05, 0) is 29.7 Å². The molecule has 2 amide bonds. The number of nitrogens with zero attached hydrogens (tertiary/aromatic N) is 2. The molecule has 1 atom stereocenters. The highest BCUT2D eigenvalue weighted by Crippen LogP contribution is 2.22. The van der Waals surface area contributed by atoms with Gasteiger partial charge >= 0.3 is 0 Å². The zero-order valence-electron chi connectivity index (χ0n) is 20.6. The van der Waals surface area contributed by atoms with E-state index in [9.17, 15) is 19.7 Å². The Bertz CT molecular complexity index is 1180. The van der Waals surface area contributed by atoms with Gasteiger partial charge in [0.25, 0.3) is 5.69 Å². The number of methoxy groups -OCH3 is 1. The lowest BCUT2D eigenvalue weighted by molar-refractivity contribution is -0.385. The van der Waals surface area contributed by atoms with Gasteiger partial charge in [0.1, 0.15) is 11.8 Å². The summed E-state index contributed by atoms with van der Waals surface area (Å²) >= 11 is 0. The van der Waals surface area contributed by atoms with Gasteiger partial charge in [0, 0.05) is 31.1 Å². The molecule has 0 aliphatic carbocycles. The summed E-state index contributed by atoms with van der Waals surface area (Å²) in [6.07, 6.45) is 0.861. The topological polar surface area (TPSA) is 102 Å². The molecule has 0 spiro atoms. The van der Waals surface area contributed by atoms with Gasteiger partial charge in [0.05, 0.1) is 18.5 Å². The van der Waals surface area contributed by atoms with E-state index in [4.69, 9.17) is 4.74 Å². The number of nitro groups is 1. The molecule has 3 aromatic rings. The van der Waals surface area contributed by atoms with Crippen molar-refractivity contribution in [3.8, 4) is 5.75 Å². The summed E-state index contributed by atoms with van der Waals surface area (Å²) in [6, 6.07) is 22.2. The van der Waals surface area contributed by atoms with Crippen LogP contribution in [0.1, 0.15) is 30.0 Å². The van der Waals surface area contributed by atoms with Crippen LogP contribution in [0.2, 0.25) is 0 Å². The van der Waals surface area contributed by atoms with Crippen LogP contribution in [-0.4, -0.2) is 41.3 Å². The van der Waals surface area contributed by atoms with Gasteiger partial charge in [-0.25, -0.2) is 0 Å². The van der Waals surface area contributed by atoms with Crippen molar-refractivity contribution in [1.29, 1.82) is 0 Å². The number of benzene rings is 3. The second kappa shape index (κ2) is 13.0. The van der Waals surface area contributed by atoms with E-state index in [0.717, 1.165) is 17.5 Å². The molecule has 1 N–H and O–H groups in total. The van der Waals surface area contributed by atoms with Crippen molar-refractivity contribution < 1.29 is 19.2 Å². The summed E-state index contributed by atoms with van der Waals surface area (Å²) in [5.41, 5.74) is 1.87. The Labute approximate surface area is 211 Å². The van der Waals surface area contributed by atoms with Gasteiger partial charge in [-0.3, -0.25) is 19.7 Å². The fourth-order valence-electron chi connectivity index (χ4n) is 3.99. The molecule has 36 heavy (non-hydrogen) atoms. The third kappa shape index (κ3) is 7.15. The number of nitrogens with one attached hydrogen (secondary N) is 1. The molecule has 0 aliphatic heterocycles. The van der Waals surface area contributed by atoms with Gasteiger partial charge in [-0.15, -0.1) is 0 Å². The summed E-state index contributed by atoms with van der Waals surface area (Å²) in [7, 11) is 1.56. The average Bonchev–Trinajstić information content (AvgIpc) is 2.90. The molecule has 0 saturated carbocycles. The quantitative estimate of drug-likeness (QED) is 0.302. The molecule has 0 aliphatic rings. The van der Waals surface area contributed by atoms with Crippen molar-refractivity contribution in [3.63, 3.8) is 0 Å². The molecule has 8 heteroatoms. The van der Waals surface area contributed by atoms with E-state index in [0.29, 0.717) is 24.3 Å². The maximum atomic E-state index is 13.7. The minimum atomic E-state index is -0.805. The Morgan fingerprint density at radius 1 is 1.00 bits per heavy atom. The van der Waals surface area contributed by atoms with Crippen LogP contribution in [0.25, 0.3) is 0 Å². The Kier molecular flexibility index (Phi) is 9.56. The standard InChI is InChI=1S/C28H31N3O5/c1-3-16-29-28(33)26(18-21-10-5-4-6-11-21)30(20-22-12-9-14-24(17-22)36-2)27(32)19-23-13-7-8-15-25(23)31(34)35/h4-15,17,26H,3,16,18-20H2,1-2H3,(H,29,33). The predicted molar refractivity (Wildman–Crippen MR) is 138 cm³/mol. The lowest BCUT2D eigenvalue weighted by Gasteiger charge is -2.31. The SMILES string of the molecule is CCCNC(=O)C(Cc1ccccc1)N(Cc1cccc(OC)c1)C(=O)Cc1ccccc1[N+](=O)[O-]. The highest BCUT2D eigenvalue weighted by Gasteiger charge is 2.31. The van der Waals surface area contributed by atoms with E-state index in [1.54, 1.807) is 31.4 Å². The first-order valence-corrected chi connectivity index (χ1v) is 11.9. The minimum absolute atomic E-state index is 0.123. The van der Waals surface area contributed by atoms with Crippen LogP contribution in [-0.2, 0) is 29.0 Å². The van der Waals surface area contributed by atoms with E-state index in [2.05, 4.69) is 5.32 Å². The molecule has 3 aromatic carbocycles. The highest BCUT2D eigenvalue weighted by atomic mass is 16.6. The van der Waals surface area contributed by atoms with Crippen molar-refractivity contribution in [1.82, 2.24) is 10.2 Å². The van der Waals surface area contributed by atoms with Crippen LogP contribution in [0.5, 0.6) is 5.75 Å². The normalized spacial score (nSPS) is 11.4. The molecule has 3 rings (SSSR count). The Morgan fingerprint density at radius 3 is 2.39 bits per heavy atom. The monoisotopic (exact) mass is 489 g/mol. The molecular formula is C28H31N3O5. The van der Waals surface area contributed by atoms with Crippen molar-refractivity contribution in [2.75, 3.05) is 13.7 Å². The third-order valence-electron chi connectivity index (χ3n) is 5.84. The van der Waals surface area contributed by atoms with Crippen molar-refractivity contribution in [2.45, 2.75) is 38.8 Å². The molecular weight excluding hydrogens is 458 g/mol. The summed E-state index contributed by atoms with van der Waals surface area (Å²) in [5, 5.41) is 14.5. The van der Waals surface area contributed by atoms with E-state index in [1.807, 2.05) is 55.5 Å². The molecule has 0 bridgehead atoms. The molecule has 0 heterocycles. The second-order valence-electron chi connectivity index (χ2n) is 8.43. The van der Waals surface area contributed by atoms with Gasteiger partial charge in [-0.1, -0.05) is 67.6 Å². The minimum Gasteiger partial charge on any atom is -0.497 e. The number of amides is 2. The summed E-state index contributed by atoms with van der Waals surface area (Å²) in [4.78, 5) is 39.7. The highest BCUT2D eigenvalue weighted by molar-refractivity contribution is 5.89. The number of carbonyl (C=O) groups excluding carboxylic acids is 2. The van der Waals surface area contributed by atoms with Crippen LogP contribution < -0.4 is 10.1 Å². The van der Waals surface area contributed by atoms with Crippen LogP contribution in [0.4, 0.5) is 5.69 Å². The average molecular weight is 490 g/mol. The maximum Gasteiger partial charge on any atom is 0.273 e. The fraction of sp³-hybridized carbons (Fsp3) is 0.286. The zero-order valence-corrected chi connectivity index (χ0v) is 20.6. The van der Waals surface area contributed by atoms with Crippen LogP contribution >= 0.6 is 0 Å². The number of hydrogen-bond donors (Lipinski definition) is 1. The number of ether oxygens (including phenoxy) is 1. The van der Waals surface area contributed by atoms with Gasteiger partial charge < -0.3 is 15.0 Å². The number of carbonyl (C=O) groups is 2. The van der Waals surface area contributed by atoms with Crippen LogP contribution in [0, 0.1) is 10.1 Å². The largest absolute Gasteiger partial charge is 0.497 e. The number of para-hydroxylation sites is 1. The van der Waals surface area contributed by atoms with Crippen molar-refractivity contribution in [3.05, 3.63) is 106 Å². The molecule has 1 unspecified atom stereocenters. The van der Waals surface area contributed by atoms with E-state index in [1.165, 1.54) is 11.0 Å². The molecule has 0 saturated heterocycles. The molecule has 0 radical (unpaired) electrons. The Balaban J connectivity index is 2.01. The van der Waals surface area contributed by atoms with Crippen LogP contribution in [0.3, 0.4) is 0 Å². The number of nitro benzene ring substituents is 1. The van der Waals surface area contributed by atoms with Crippen LogP contribution in [0.15, 0.2) is 78.9 Å². The first-order chi connectivity index (χ1) is 17.4. The number of rotatable bonds is 12. The zero-order chi connectivity index (χ0) is 25.9. The van der Waals surface area contributed by atoms with Gasteiger partial charge in [-0.2, -0.15) is 0 Å². The third-order valence-corrected chi connectivity index (χ3v) is 5.84. The van der Waals surface area contributed by atoms with Gasteiger partial charge in [0.15, 0.2) is 0 Å². The molecule has 8 nitrogen and oxygen atoms in total. The Morgan fingerprint density at radius 2 is 1.69 bits per heavy atom. The summed E-state index contributed by atoms with van der Waals surface area (Å²) < 4.78 is 5.33. The van der Waals surface area contributed by atoms with Crippen molar-refractivity contribution in [2.24, 2.45) is 0 Å². The molecule has 188 valence electrons. The molecule has 0 fully saturated rings. The predicted octanol–water partition coefficient (Wildman–Crippen LogP) is 4.31. The van der Waals surface area contributed by atoms with E-state index < -0.39 is 11.0 Å².